The van der Waals surface area contributed by atoms with Crippen molar-refractivity contribution in [1.29, 1.82) is 0 Å². The maximum absolute atomic E-state index is 13.3. The predicted octanol–water partition coefficient (Wildman–Crippen LogP) is 4.61. The molecule has 1 fully saturated rings. The van der Waals surface area contributed by atoms with Crippen molar-refractivity contribution in [2.24, 2.45) is 5.41 Å². The minimum atomic E-state index is -0.655. The molecule has 1 aliphatic rings. The van der Waals surface area contributed by atoms with E-state index in [1.54, 1.807) is 24.5 Å². The van der Waals surface area contributed by atoms with Crippen LogP contribution in [0.5, 0.6) is 0 Å². The predicted molar refractivity (Wildman–Crippen MR) is 93.6 cm³/mol. The van der Waals surface area contributed by atoms with Gasteiger partial charge in [0.15, 0.2) is 5.76 Å². The Bertz CT molecular complexity index is 881. The Balaban J connectivity index is 1.74. The molecule has 1 aliphatic heterocycles. The summed E-state index contributed by atoms with van der Waals surface area (Å²) in [4.78, 5) is 8.65. The fraction of sp³-hybridized carbons (Fsp3) is 0.300. The van der Waals surface area contributed by atoms with Crippen molar-refractivity contribution in [3.05, 3.63) is 60.5 Å². The minimum absolute atomic E-state index is 0.0448. The quantitative estimate of drug-likeness (QED) is 0.687. The van der Waals surface area contributed by atoms with Gasteiger partial charge >= 0.3 is 0 Å². The van der Waals surface area contributed by atoms with E-state index in [4.69, 9.17) is 13.9 Å². The van der Waals surface area contributed by atoms with Crippen molar-refractivity contribution in [3.8, 4) is 22.6 Å². The van der Waals surface area contributed by atoms with Gasteiger partial charge in [-0.3, -0.25) is 4.98 Å². The molecule has 6 heteroatoms. The van der Waals surface area contributed by atoms with Crippen LogP contribution in [0.1, 0.15) is 26.0 Å². The molecule has 134 valence electrons. The van der Waals surface area contributed by atoms with Crippen LogP contribution in [0.25, 0.3) is 22.6 Å². The van der Waals surface area contributed by atoms with Crippen LogP contribution in [0, 0.1) is 11.2 Å². The van der Waals surface area contributed by atoms with Crippen LogP contribution in [0.2, 0.25) is 0 Å². The van der Waals surface area contributed by atoms with Gasteiger partial charge in [-0.15, -0.1) is 0 Å². The number of aromatic nitrogens is 2. The lowest BCUT2D eigenvalue weighted by atomic mass is 9.96. The first-order chi connectivity index (χ1) is 12.5. The van der Waals surface area contributed by atoms with Gasteiger partial charge in [-0.2, -0.15) is 0 Å². The molecule has 0 aliphatic carbocycles. The standard InChI is InChI=1S/C20H19FN2O3/c1-20(2)11-24-19(25-12-20)18-23-16(13-7-9-22-10-8-13)17(26-18)14-3-5-15(21)6-4-14/h3-10,19H,11-12H2,1-2H3. The summed E-state index contributed by atoms with van der Waals surface area (Å²) in [5.41, 5.74) is 2.18. The van der Waals surface area contributed by atoms with Crippen LogP contribution in [-0.4, -0.2) is 23.2 Å². The molecule has 3 aromatic rings. The van der Waals surface area contributed by atoms with Crippen LogP contribution >= 0.6 is 0 Å². The monoisotopic (exact) mass is 354 g/mol. The summed E-state index contributed by atoms with van der Waals surface area (Å²) in [5.74, 6) is 0.593. The van der Waals surface area contributed by atoms with Gasteiger partial charge in [0.1, 0.15) is 11.5 Å². The van der Waals surface area contributed by atoms with Gasteiger partial charge in [0.25, 0.3) is 5.89 Å². The maximum Gasteiger partial charge on any atom is 0.253 e. The van der Waals surface area contributed by atoms with Crippen LogP contribution in [-0.2, 0) is 9.47 Å². The number of hydrogen-bond acceptors (Lipinski definition) is 5. The Morgan fingerprint density at radius 2 is 1.62 bits per heavy atom. The van der Waals surface area contributed by atoms with Crippen molar-refractivity contribution in [1.82, 2.24) is 9.97 Å². The SMILES string of the molecule is CC1(C)COC(c2nc(-c3ccncc3)c(-c3ccc(F)cc3)o2)OC1. The molecule has 0 bridgehead atoms. The van der Waals surface area contributed by atoms with Crippen molar-refractivity contribution in [2.45, 2.75) is 20.1 Å². The molecule has 0 unspecified atom stereocenters. The first-order valence-corrected chi connectivity index (χ1v) is 8.42. The molecular weight excluding hydrogens is 335 g/mol. The molecule has 5 nitrogen and oxygen atoms in total. The van der Waals surface area contributed by atoms with Crippen molar-refractivity contribution in [2.75, 3.05) is 13.2 Å². The van der Waals surface area contributed by atoms with Gasteiger partial charge in [-0.25, -0.2) is 9.37 Å². The molecule has 26 heavy (non-hydrogen) atoms. The highest BCUT2D eigenvalue weighted by Gasteiger charge is 2.33. The van der Waals surface area contributed by atoms with E-state index in [-0.39, 0.29) is 11.2 Å². The molecule has 2 aromatic heterocycles. The number of oxazole rings is 1. The van der Waals surface area contributed by atoms with E-state index in [1.807, 2.05) is 12.1 Å². The second-order valence-electron chi connectivity index (χ2n) is 7.09. The number of pyridine rings is 1. The normalized spacial score (nSPS) is 17.3. The van der Waals surface area contributed by atoms with Gasteiger partial charge in [0.05, 0.1) is 13.2 Å². The van der Waals surface area contributed by atoms with Gasteiger partial charge < -0.3 is 13.9 Å². The van der Waals surface area contributed by atoms with E-state index in [0.717, 1.165) is 11.1 Å². The highest BCUT2D eigenvalue weighted by molar-refractivity contribution is 5.76. The molecule has 0 saturated carbocycles. The Morgan fingerprint density at radius 1 is 0.962 bits per heavy atom. The largest absolute Gasteiger partial charge is 0.435 e. The summed E-state index contributed by atoms with van der Waals surface area (Å²) < 4.78 is 30.9. The maximum atomic E-state index is 13.3. The van der Waals surface area contributed by atoms with Crippen LogP contribution in [0.3, 0.4) is 0 Å². The Kier molecular flexibility index (Phi) is 4.30. The number of ether oxygens (including phenoxy) is 2. The third-order valence-corrected chi connectivity index (χ3v) is 4.16. The third-order valence-electron chi connectivity index (χ3n) is 4.16. The highest BCUT2D eigenvalue weighted by atomic mass is 19.1. The molecule has 4 rings (SSSR count). The number of nitrogens with zero attached hydrogens (tertiary/aromatic N) is 2. The smallest absolute Gasteiger partial charge is 0.253 e. The van der Waals surface area contributed by atoms with Crippen LogP contribution in [0.15, 0.2) is 53.2 Å². The summed E-state index contributed by atoms with van der Waals surface area (Å²) in [5, 5.41) is 0. The first-order valence-electron chi connectivity index (χ1n) is 8.42. The Morgan fingerprint density at radius 3 is 2.27 bits per heavy atom. The number of rotatable bonds is 3. The minimum Gasteiger partial charge on any atom is -0.435 e. The topological polar surface area (TPSA) is 57.4 Å². The van der Waals surface area contributed by atoms with Crippen molar-refractivity contribution < 1.29 is 18.3 Å². The zero-order valence-corrected chi connectivity index (χ0v) is 14.6. The zero-order valence-electron chi connectivity index (χ0n) is 14.6. The molecule has 0 amide bonds. The van der Waals surface area contributed by atoms with Crippen LogP contribution < -0.4 is 0 Å². The van der Waals surface area contributed by atoms with Crippen molar-refractivity contribution >= 4 is 0 Å². The number of benzene rings is 1. The molecule has 0 atom stereocenters. The third kappa shape index (κ3) is 3.38. The first kappa shape index (κ1) is 16.9. The summed E-state index contributed by atoms with van der Waals surface area (Å²) >= 11 is 0. The molecule has 1 aromatic carbocycles. The van der Waals surface area contributed by atoms with Gasteiger partial charge in [-0.1, -0.05) is 13.8 Å². The Hall–Kier alpha value is -2.57. The molecule has 0 N–H and O–H groups in total. The summed E-state index contributed by atoms with van der Waals surface area (Å²) in [7, 11) is 0. The average molecular weight is 354 g/mol. The van der Waals surface area contributed by atoms with E-state index in [0.29, 0.717) is 30.6 Å². The van der Waals surface area contributed by atoms with Gasteiger partial charge in [-0.05, 0) is 36.4 Å². The second-order valence-corrected chi connectivity index (χ2v) is 7.09. The number of halogens is 1. The molecule has 3 heterocycles. The Labute approximate surface area is 150 Å². The lowest BCUT2D eigenvalue weighted by Crippen LogP contribution is -2.33. The summed E-state index contributed by atoms with van der Waals surface area (Å²) in [6.07, 6.45) is 2.72. The van der Waals surface area contributed by atoms with Crippen molar-refractivity contribution in [3.63, 3.8) is 0 Å². The lowest BCUT2D eigenvalue weighted by Gasteiger charge is -2.33. The second kappa shape index (κ2) is 6.63. The van der Waals surface area contributed by atoms with E-state index in [9.17, 15) is 4.39 Å². The number of hydrogen-bond donors (Lipinski definition) is 0. The van der Waals surface area contributed by atoms with Crippen LogP contribution in [0.4, 0.5) is 4.39 Å². The fourth-order valence-corrected chi connectivity index (χ4v) is 2.77. The fourth-order valence-electron chi connectivity index (χ4n) is 2.77. The molecule has 0 radical (unpaired) electrons. The molecule has 1 saturated heterocycles. The zero-order chi connectivity index (χ0) is 18.1. The lowest BCUT2D eigenvalue weighted by molar-refractivity contribution is -0.235. The van der Waals surface area contributed by atoms with E-state index in [1.165, 1.54) is 12.1 Å². The summed E-state index contributed by atoms with van der Waals surface area (Å²) in [6, 6.07) is 9.81. The molecule has 0 spiro atoms. The highest BCUT2D eigenvalue weighted by Crippen LogP contribution is 2.37. The van der Waals surface area contributed by atoms with Gasteiger partial charge in [0.2, 0.25) is 6.29 Å². The van der Waals surface area contributed by atoms with E-state index < -0.39 is 6.29 Å². The van der Waals surface area contributed by atoms with E-state index >= 15 is 0 Å². The average Bonchev–Trinajstić information content (AvgIpc) is 3.08. The summed E-state index contributed by atoms with van der Waals surface area (Å²) in [6.45, 7) is 5.25. The van der Waals surface area contributed by atoms with E-state index in [2.05, 4.69) is 23.8 Å². The molecular formula is C20H19FN2O3. The van der Waals surface area contributed by atoms with Gasteiger partial charge in [0, 0.05) is 28.9 Å².